The largest absolute Gasteiger partial charge is 0.396 e. The van der Waals surface area contributed by atoms with Crippen LogP contribution in [-0.4, -0.2) is 55.5 Å². The molecule has 0 aromatic heterocycles. The maximum absolute atomic E-state index is 11.4. The van der Waals surface area contributed by atoms with Gasteiger partial charge in [0.25, 0.3) is 0 Å². The van der Waals surface area contributed by atoms with E-state index in [-0.39, 0.29) is 24.0 Å². The maximum Gasteiger partial charge on any atom is 0.222 e. The van der Waals surface area contributed by atoms with Crippen molar-refractivity contribution in [2.75, 3.05) is 31.2 Å². The Labute approximate surface area is 83.6 Å². The first-order valence-corrected chi connectivity index (χ1v) is 6.46. The predicted octanol–water partition coefficient (Wildman–Crippen LogP) is -0.984. The number of aliphatic hydroxyl groups is 1. The summed E-state index contributed by atoms with van der Waals surface area (Å²) in [6, 6.07) is 0. The molecule has 1 N–H and O–H groups in total. The second-order valence-corrected chi connectivity index (χ2v) is 5.66. The first-order chi connectivity index (χ1) is 6.55. The topological polar surface area (TPSA) is 74.7 Å². The Balaban J connectivity index is 2.38. The van der Waals surface area contributed by atoms with E-state index in [1.807, 2.05) is 0 Å². The molecule has 0 atom stereocenters. The quantitative estimate of drug-likeness (QED) is 0.664. The summed E-state index contributed by atoms with van der Waals surface area (Å²) in [7, 11) is -2.91. The van der Waals surface area contributed by atoms with E-state index in [4.69, 9.17) is 5.11 Å². The molecule has 0 aromatic carbocycles. The minimum absolute atomic E-state index is 0.00210. The summed E-state index contributed by atoms with van der Waals surface area (Å²) in [5.74, 6) is 0.0735. The number of carbonyl (C=O) groups is 1. The molecule has 0 bridgehead atoms. The van der Waals surface area contributed by atoms with Gasteiger partial charge in [0, 0.05) is 26.1 Å². The van der Waals surface area contributed by atoms with Crippen LogP contribution in [0.15, 0.2) is 0 Å². The van der Waals surface area contributed by atoms with Crippen molar-refractivity contribution < 1.29 is 18.3 Å². The number of hydrogen-bond acceptors (Lipinski definition) is 4. The number of carbonyl (C=O) groups excluding carboxylic acids is 1. The highest BCUT2D eigenvalue weighted by molar-refractivity contribution is 7.91. The van der Waals surface area contributed by atoms with Crippen molar-refractivity contribution in [2.45, 2.75) is 12.8 Å². The normalized spacial score (nSPS) is 20.8. The summed E-state index contributed by atoms with van der Waals surface area (Å²) in [6.07, 6.45) is 0.749. The number of hydrogen-bond donors (Lipinski definition) is 1. The number of nitrogens with zero attached hydrogens (tertiary/aromatic N) is 1. The van der Waals surface area contributed by atoms with Crippen LogP contribution in [0.3, 0.4) is 0 Å². The number of rotatable bonds is 3. The van der Waals surface area contributed by atoms with Crippen molar-refractivity contribution >= 4 is 15.7 Å². The van der Waals surface area contributed by atoms with E-state index in [0.29, 0.717) is 25.9 Å². The van der Waals surface area contributed by atoms with Crippen LogP contribution in [0.2, 0.25) is 0 Å². The molecule has 82 valence electrons. The molecule has 0 unspecified atom stereocenters. The highest BCUT2D eigenvalue weighted by Gasteiger charge is 2.24. The van der Waals surface area contributed by atoms with Gasteiger partial charge >= 0.3 is 0 Å². The molecule has 0 saturated carbocycles. The highest BCUT2D eigenvalue weighted by Crippen LogP contribution is 2.06. The molecule has 1 aliphatic heterocycles. The summed E-state index contributed by atoms with van der Waals surface area (Å²) in [6.45, 7) is 0.594. The molecule has 1 rings (SSSR count). The fourth-order valence-corrected chi connectivity index (χ4v) is 2.55. The first kappa shape index (κ1) is 11.5. The smallest absolute Gasteiger partial charge is 0.222 e. The molecule has 6 heteroatoms. The molecule has 1 amide bonds. The zero-order chi connectivity index (χ0) is 10.6. The molecule has 14 heavy (non-hydrogen) atoms. The van der Waals surface area contributed by atoms with E-state index in [0.717, 1.165) is 0 Å². The predicted molar refractivity (Wildman–Crippen MR) is 51.6 cm³/mol. The average molecular weight is 221 g/mol. The fourth-order valence-electron chi connectivity index (χ4n) is 1.35. The van der Waals surface area contributed by atoms with Crippen LogP contribution in [0, 0.1) is 0 Å². The van der Waals surface area contributed by atoms with E-state index in [1.54, 1.807) is 4.90 Å². The Morgan fingerprint density at radius 3 is 2.36 bits per heavy atom. The van der Waals surface area contributed by atoms with E-state index in [2.05, 4.69) is 0 Å². The van der Waals surface area contributed by atoms with E-state index in [9.17, 15) is 13.2 Å². The van der Waals surface area contributed by atoms with Crippen LogP contribution in [0.4, 0.5) is 0 Å². The molecule has 5 nitrogen and oxygen atoms in total. The third-order valence-electron chi connectivity index (χ3n) is 2.25. The standard InChI is InChI=1S/C8H15NO4S/c10-5-1-2-8(11)9-3-6-14(12,13)7-4-9/h10H,1-7H2. The van der Waals surface area contributed by atoms with Crippen molar-refractivity contribution in [3.8, 4) is 0 Å². The van der Waals surface area contributed by atoms with E-state index >= 15 is 0 Å². The van der Waals surface area contributed by atoms with Gasteiger partial charge in [-0.2, -0.15) is 0 Å². The lowest BCUT2D eigenvalue weighted by Gasteiger charge is -2.26. The molecule has 0 radical (unpaired) electrons. The lowest BCUT2D eigenvalue weighted by atomic mass is 10.3. The third-order valence-corrected chi connectivity index (χ3v) is 3.86. The molecule has 1 fully saturated rings. The number of sulfone groups is 1. The fraction of sp³-hybridized carbons (Fsp3) is 0.875. The molecule has 1 saturated heterocycles. The van der Waals surface area contributed by atoms with E-state index < -0.39 is 9.84 Å². The minimum Gasteiger partial charge on any atom is -0.396 e. The molecular formula is C8H15NO4S. The Morgan fingerprint density at radius 2 is 1.86 bits per heavy atom. The van der Waals surface area contributed by atoms with Crippen LogP contribution in [-0.2, 0) is 14.6 Å². The third kappa shape index (κ3) is 3.26. The van der Waals surface area contributed by atoms with Gasteiger partial charge in [-0.3, -0.25) is 4.79 Å². The number of aliphatic hydroxyl groups excluding tert-OH is 1. The van der Waals surface area contributed by atoms with Gasteiger partial charge in [0.05, 0.1) is 11.5 Å². The average Bonchev–Trinajstić information content (AvgIpc) is 2.14. The zero-order valence-electron chi connectivity index (χ0n) is 7.98. The van der Waals surface area contributed by atoms with Crippen LogP contribution in [0.1, 0.15) is 12.8 Å². The Kier molecular flexibility index (Phi) is 3.88. The minimum atomic E-state index is -2.91. The number of amides is 1. The zero-order valence-corrected chi connectivity index (χ0v) is 8.79. The van der Waals surface area contributed by atoms with Crippen molar-refractivity contribution in [3.63, 3.8) is 0 Å². The van der Waals surface area contributed by atoms with Crippen LogP contribution in [0.25, 0.3) is 0 Å². The van der Waals surface area contributed by atoms with Gasteiger partial charge in [0.2, 0.25) is 5.91 Å². The maximum atomic E-state index is 11.4. The molecule has 0 aliphatic carbocycles. The van der Waals surface area contributed by atoms with E-state index in [1.165, 1.54) is 0 Å². The Morgan fingerprint density at radius 1 is 1.29 bits per heavy atom. The summed E-state index contributed by atoms with van der Waals surface area (Å²) >= 11 is 0. The second-order valence-electron chi connectivity index (χ2n) is 3.36. The highest BCUT2D eigenvalue weighted by atomic mass is 32.2. The molecule has 0 aromatic rings. The summed E-state index contributed by atoms with van der Waals surface area (Å²) in [4.78, 5) is 12.9. The molecular weight excluding hydrogens is 206 g/mol. The van der Waals surface area contributed by atoms with Crippen molar-refractivity contribution in [1.82, 2.24) is 4.90 Å². The van der Waals surface area contributed by atoms with Crippen molar-refractivity contribution in [3.05, 3.63) is 0 Å². The lowest BCUT2D eigenvalue weighted by molar-refractivity contribution is -0.131. The molecule has 1 heterocycles. The van der Waals surface area contributed by atoms with Gasteiger partial charge in [-0.25, -0.2) is 8.42 Å². The summed E-state index contributed by atoms with van der Waals surface area (Å²) < 4.78 is 22.1. The van der Waals surface area contributed by atoms with Gasteiger partial charge < -0.3 is 10.0 Å². The van der Waals surface area contributed by atoms with Crippen molar-refractivity contribution in [1.29, 1.82) is 0 Å². The van der Waals surface area contributed by atoms with Gasteiger partial charge in [0.15, 0.2) is 9.84 Å². The second kappa shape index (κ2) is 4.75. The molecule has 0 spiro atoms. The van der Waals surface area contributed by atoms with Gasteiger partial charge in [0.1, 0.15) is 0 Å². The van der Waals surface area contributed by atoms with Crippen LogP contribution >= 0.6 is 0 Å². The summed E-state index contributed by atoms with van der Waals surface area (Å²) in [5, 5.41) is 8.53. The van der Waals surface area contributed by atoms with Gasteiger partial charge in [-0.1, -0.05) is 0 Å². The van der Waals surface area contributed by atoms with Gasteiger partial charge in [-0.05, 0) is 6.42 Å². The Bertz CT molecular complexity index is 284. The van der Waals surface area contributed by atoms with Crippen LogP contribution < -0.4 is 0 Å². The summed E-state index contributed by atoms with van der Waals surface area (Å²) in [5.41, 5.74) is 0. The first-order valence-electron chi connectivity index (χ1n) is 4.64. The van der Waals surface area contributed by atoms with Gasteiger partial charge in [-0.15, -0.1) is 0 Å². The Hall–Kier alpha value is -0.620. The molecule has 1 aliphatic rings. The SMILES string of the molecule is O=C(CCCO)N1CCS(=O)(=O)CC1. The monoisotopic (exact) mass is 221 g/mol. The van der Waals surface area contributed by atoms with Crippen LogP contribution in [0.5, 0.6) is 0 Å². The van der Waals surface area contributed by atoms with Crippen molar-refractivity contribution in [2.24, 2.45) is 0 Å². The lowest BCUT2D eigenvalue weighted by Crippen LogP contribution is -2.43.